The quantitative estimate of drug-likeness (QED) is 0.790. The lowest BCUT2D eigenvalue weighted by atomic mass is 9.69. The van der Waals surface area contributed by atoms with Gasteiger partial charge in [-0.25, -0.2) is 0 Å². The minimum atomic E-state index is 0.468. The van der Waals surface area contributed by atoms with Crippen LogP contribution in [-0.4, -0.2) is 18.1 Å². The van der Waals surface area contributed by atoms with Crippen LogP contribution in [0, 0.1) is 16.7 Å². The van der Waals surface area contributed by atoms with Gasteiger partial charge in [0.15, 0.2) is 0 Å². The predicted molar refractivity (Wildman–Crippen MR) is 76.4 cm³/mol. The molecule has 0 aromatic rings. The third-order valence-electron chi connectivity index (χ3n) is 7.00. The van der Waals surface area contributed by atoms with E-state index < -0.39 is 0 Å². The fourth-order valence-electron chi connectivity index (χ4n) is 5.03. The number of nitrogens with one attached hydrogen (secondary N) is 1. The van der Waals surface area contributed by atoms with Gasteiger partial charge >= 0.3 is 0 Å². The molecule has 3 atom stereocenters. The van der Waals surface area contributed by atoms with Crippen LogP contribution in [0.3, 0.4) is 0 Å². The molecule has 104 valence electrons. The third-order valence-corrected chi connectivity index (χ3v) is 7.00. The Bertz CT molecular complexity index is 317. The van der Waals surface area contributed by atoms with Crippen LogP contribution >= 0.6 is 0 Å². The smallest absolute Gasteiger partial charge is 0.0131 e. The van der Waals surface area contributed by atoms with Crippen molar-refractivity contribution < 1.29 is 0 Å². The molecule has 0 amide bonds. The van der Waals surface area contributed by atoms with Crippen LogP contribution in [0.4, 0.5) is 0 Å². The Labute approximate surface area is 112 Å². The fourth-order valence-corrected chi connectivity index (χ4v) is 5.03. The molecule has 0 aromatic heterocycles. The van der Waals surface area contributed by atoms with E-state index in [0.29, 0.717) is 16.9 Å². The maximum absolute atomic E-state index is 6.01. The summed E-state index contributed by atoms with van der Waals surface area (Å²) in [5, 5.41) is 4.01. The van der Waals surface area contributed by atoms with Gasteiger partial charge in [-0.2, -0.15) is 0 Å². The van der Waals surface area contributed by atoms with Gasteiger partial charge in [-0.3, -0.25) is 0 Å². The van der Waals surface area contributed by atoms with Gasteiger partial charge < -0.3 is 11.1 Å². The Morgan fingerprint density at radius 3 is 2.17 bits per heavy atom. The van der Waals surface area contributed by atoms with Crippen molar-refractivity contribution in [2.75, 3.05) is 0 Å². The summed E-state index contributed by atoms with van der Waals surface area (Å²) in [7, 11) is 0. The molecule has 3 fully saturated rings. The molecule has 0 spiro atoms. The van der Waals surface area contributed by atoms with Crippen molar-refractivity contribution in [1.82, 2.24) is 5.32 Å². The van der Waals surface area contributed by atoms with E-state index in [0.717, 1.165) is 18.0 Å². The molecule has 3 N–H and O–H groups in total. The second-order valence-corrected chi connectivity index (χ2v) is 7.94. The second-order valence-electron chi connectivity index (χ2n) is 7.94. The van der Waals surface area contributed by atoms with Crippen molar-refractivity contribution in [2.24, 2.45) is 22.5 Å². The van der Waals surface area contributed by atoms with Gasteiger partial charge in [0.25, 0.3) is 0 Å². The fraction of sp³-hybridized carbons (Fsp3) is 1.00. The highest BCUT2D eigenvalue weighted by Crippen LogP contribution is 2.65. The maximum atomic E-state index is 6.01. The van der Waals surface area contributed by atoms with Crippen molar-refractivity contribution >= 4 is 0 Å². The van der Waals surface area contributed by atoms with Crippen LogP contribution in [0.15, 0.2) is 0 Å². The van der Waals surface area contributed by atoms with E-state index in [2.05, 4.69) is 26.1 Å². The summed E-state index contributed by atoms with van der Waals surface area (Å²) in [5.74, 6) is 0.950. The van der Waals surface area contributed by atoms with Gasteiger partial charge in [-0.1, -0.05) is 20.8 Å². The molecule has 2 heteroatoms. The summed E-state index contributed by atoms with van der Waals surface area (Å²) in [6.07, 6.45) is 9.30. The first-order valence-corrected chi connectivity index (χ1v) is 7.95. The van der Waals surface area contributed by atoms with E-state index >= 15 is 0 Å². The first-order chi connectivity index (χ1) is 8.43. The lowest BCUT2D eigenvalue weighted by Gasteiger charge is -2.42. The van der Waals surface area contributed by atoms with Crippen molar-refractivity contribution in [1.29, 1.82) is 0 Å². The molecule has 0 saturated heterocycles. The van der Waals surface area contributed by atoms with E-state index in [1.807, 2.05) is 0 Å². The van der Waals surface area contributed by atoms with Crippen LogP contribution in [0.1, 0.15) is 65.7 Å². The van der Waals surface area contributed by atoms with Gasteiger partial charge in [0.2, 0.25) is 0 Å². The molecule has 3 aliphatic rings. The minimum Gasteiger partial charge on any atom is -0.328 e. The van der Waals surface area contributed by atoms with Crippen LogP contribution in [0.25, 0.3) is 0 Å². The average Bonchev–Trinajstić information content (AvgIpc) is 2.65. The molecule has 3 unspecified atom stereocenters. The molecule has 18 heavy (non-hydrogen) atoms. The molecular weight excluding hydrogens is 220 g/mol. The molecule has 3 saturated carbocycles. The summed E-state index contributed by atoms with van der Waals surface area (Å²) in [6, 6.07) is 1.96. The van der Waals surface area contributed by atoms with Crippen molar-refractivity contribution in [3.8, 4) is 0 Å². The lowest BCUT2D eigenvalue weighted by Crippen LogP contribution is -2.50. The molecule has 0 heterocycles. The number of rotatable bonds is 2. The highest BCUT2D eigenvalue weighted by Gasteiger charge is 2.61. The largest absolute Gasteiger partial charge is 0.328 e. The Morgan fingerprint density at radius 2 is 1.67 bits per heavy atom. The van der Waals surface area contributed by atoms with Gasteiger partial charge in [0.1, 0.15) is 0 Å². The van der Waals surface area contributed by atoms with Crippen molar-refractivity contribution in [3.63, 3.8) is 0 Å². The van der Waals surface area contributed by atoms with Gasteiger partial charge in [-0.15, -0.1) is 0 Å². The van der Waals surface area contributed by atoms with Gasteiger partial charge in [0, 0.05) is 18.1 Å². The number of hydrogen-bond acceptors (Lipinski definition) is 2. The highest BCUT2D eigenvalue weighted by molar-refractivity contribution is 5.13. The van der Waals surface area contributed by atoms with Gasteiger partial charge in [-0.05, 0) is 61.7 Å². The van der Waals surface area contributed by atoms with Crippen LogP contribution < -0.4 is 11.1 Å². The normalized spacial score (nSPS) is 50.7. The lowest BCUT2D eigenvalue weighted by molar-refractivity contribution is 0.110. The first kappa shape index (κ1) is 12.9. The van der Waals surface area contributed by atoms with Crippen LogP contribution in [0.5, 0.6) is 0 Å². The molecule has 0 radical (unpaired) electrons. The molecular formula is C16H30N2. The van der Waals surface area contributed by atoms with Crippen LogP contribution in [0.2, 0.25) is 0 Å². The molecule has 2 nitrogen and oxygen atoms in total. The van der Waals surface area contributed by atoms with E-state index in [4.69, 9.17) is 5.73 Å². The summed E-state index contributed by atoms with van der Waals surface area (Å²) < 4.78 is 0. The zero-order valence-electron chi connectivity index (χ0n) is 12.3. The predicted octanol–water partition coefficient (Wildman–Crippen LogP) is 3.06. The monoisotopic (exact) mass is 250 g/mol. The van der Waals surface area contributed by atoms with E-state index in [9.17, 15) is 0 Å². The topological polar surface area (TPSA) is 38.0 Å². The average molecular weight is 250 g/mol. The molecule has 3 aliphatic carbocycles. The number of fused-ring (bicyclic) bond motifs is 2. The summed E-state index contributed by atoms with van der Waals surface area (Å²) >= 11 is 0. The standard InChI is InChI=1S/C16H30N2/c1-15(2)11-8-9-16(15,3)14(10-11)18-13-6-4-12(17)5-7-13/h11-14,18H,4-10,17H2,1-3H3. The molecule has 0 aromatic carbocycles. The van der Waals surface area contributed by atoms with Crippen molar-refractivity contribution in [2.45, 2.75) is 83.8 Å². The van der Waals surface area contributed by atoms with Crippen molar-refractivity contribution in [3.05, 3.63) is 0 Å². The van der Waals surface area contributed by atoms with E-state index in [-0.39, 0.29) is 0 Å². The summed E-state index contributed by atoms with van der Waals surface area (Å²) in [6.45, 7) is 7.54. The zero-order valence-corrected chi connectivity index (χ0v) is 12.3. The Kier molecular flexibility index (Phi) is 3.02. The minimum absolute atomic E-state index is 0.468. The Morgan fingerprint density at radius 1 is 1.00 bits per heavy atom. The SMILES string of the molecule is CC1(C)C2CCC1(C)C(NC1CCC(N)CC1)C2. The third kappa shape index (κ3) is 1.76. The molecule has 2 bridgehead atoms. The molecule has 3 rings (SSSR count). The summed E-state index contributed by atoms with van der Waals surface area (Å²) in [5.41, 5.74) is 7.07. The van der Waals surface area contributed by atoms with E-state index in [1.165, 1.54) is 44.9 Å². The maximum Gasteiger partial charge on any atom is 0.0131 e. The highest BCUT2D eigenvalue weighted by atomic mass is 15.0. The zero-order chi connectivity index (χ0) is 13.0. The molecule has 0 aliphatic heterocycles. The Hall–Kier alpha value is -0.0800. The van der Waals surface area contributed by atoms with E-state index in [1.54, 1.807) is 0 Å². The number of nitrogens with two attached hydrogens (primary N) is 1. The first-order valence-electron chi connectivity index (χ1n) is 7.95. The Balaban J connectivity index is 1.65. The summed E-state index contributed by atoms with van der Waals surface area (Å²) in [4.78, 5) is 0. The number of hydrogen-bond donors (Lipinski definition) is 2. The van der Waals surface area contributed by atoms with Crippen LogP contribution in [-0.2, 0) is 0 Å². The second kappa shape index (κ2) is 4.21. The van der Waals surface area contributed by atoms with Gasteiger partial charge in [0.05, 0.1) is 0 Å².